The van der Waals surface area contributed by atoms with Crippen molar-refractivity contribution in [3.05, 3.63) is 36.7 Å². The van der Waals surface area contributed by atoms with Gasteiger partial charge in [0.1, 0.15) is 11.5 Å². The summed E-state index contributed by atoms with van der Waals surface area (Å²) in [6, 6.07) is 8.03. The summed E-state index contributed by atoms with van der Waals surface area (Å²) in [4.78, 5) is 6.74. The van der Waals surface area contributed by atoms with Gasteiger partial charge in [0.15, 0.2) is 5.96 Å². The standard InChI is InChI=1S/C21H32N6O2.HI/c1-22-21(23-10-6-12-29-20-9-4-8-19(13-20)28-3)25-17-7-5-11-27(15-17)18-14-24-26(2)16-18;/h4,8-9,13-14,16-17H,5-7,10-12,15H2,1-3H3,(H2,22,23,25);1H. The Morgan fingerprint density at radius 3 is 2.90 bits per heavy atom. The molecule has 1 atom stereocenters. The fourth-order valence-electron chi connectivity index (χ4n) is 3.45. The number of benzene rings is 1. The van der Waals surface area contributed by atoms with E-state index in [9.17, 15) is 0 Å². The average molecular weight is 528 g/mol. The Bertz CT molecular complexity index is 797. The molecule has 0 amide bonds. The molecule has 30 heavy (non-hydrogen) atoms. The number of ether oxygens (including phenoxy) is 2. The maximum atomic E-state index is 5.78. The van der Waals surface area contributed by atoms with Crippen LogP contribution in [0.3, 0.4) is 0 Å². The predicted molar refractivity (Wildman–Crippen MR) is 131 cm³/mol. The van der Waals surface area contributed by atoms with Crippen LogP contribution >= 0.6 is 24.0 Å². The van der Waals surface area contributed by atoms with Gasteiger partial charge in [-0.3, -0.25) is 9.67 Å². The van der Waals surface area contributed by atoms with Crippen LogP contribution in [0.4, 0.5) is 5.69 Å². The molecule has 1 aliphatic heterocycles. The largest absolute Gasteiger partial charge is 0.497 e. The van der Waals surface area contributed by atoms with Gasteiger partial charge in [0, 0.05) is 52.0 Å². The first-order chi connectivity index (χ1) is 14.2. The first-order valence-electron chi connectivity index (χ1n) is 10.2. The molecule has 1 aliphatic rings. The molecule has 0 spiro atoms. The van der Waals surface area contributed by atoms with Crippen molar-refractivity contribution in [2.24, 2.45) is 12.0 Å². The molecule has 1 aromatic heterocycles. The Labute approximate surface area is 196 Å². The third-order valence-corrected chi connectivity index (χ3v) is 4.97. The van der Waals surface area contributed by atoms with E-state index in [1.54, 1.807) is 7.11 Å². The van der Waals surface area contributed by atoms with Gasteiger partial charge < -0.3 is 25.0 Å². The van der Waals surface area contributed by atoms with Crippen molar-refractivity contribution in [1.29, 1.82) is 0 Å². The topological polar surface area (TPSA) is 75.9 Å². The molecule has 0 radical (unpaired) electrons. The number of aryl methyl sites for hydroxylation is 1. The van der Waals surface area contributed by atoms with E-state index in [0.717, 1.165) is 56.4 Å². The van der Waals surface area contributed by atoms with Crippen LogP contribution in [-0.2, 0) is 7.05 Å². The summed E-state index contributed by atoms with van der Waals surface area (Å²) in [5.41, 5.74) is 1.18. The molecule has 1 unspecified atom stereocenters. The fourth-order valence-corrected chi connectivity index (χ4v) is 3.45. The predicted octanol–water partition coefficient (Wildman–Crippen LogP) is 2.65. The van der Waals surface area contributed by atoms with Crippen LogP contribution in [0.15, 0.2) is 41.7 Å². The van der Waals surface area contributed by atoms with E-state index in [4.69, 9.17) is 9.47 Å². The van der Waals surface area contributed by atoms with Gasteiger partial charge in [0.2, 0.25) is 0 Å². The monoisotopic (exact) mass is 528 g/mol. The number of nitrogens with zero attached hydrogens (tertiary/aromatic N) is 4. The highest BCUT2D eigenvalue weighted by molar-refractivity contribution is 14.0. The minimum atomic E-state index is 0. The highest BCUT2D eigenvalue weighted by Gasteiger charge is 2.21. The molecular formula is C21H33IN6O2. The Hall–Kier alpha value is -2.17. The summed E-state index contributed by atoms with van der Waals surface area (Å²) < 4.78 is 12.8. The van der Waals surface area contributed by atoms with Crippen molar-refractivity contribution in [3.63, 3.8) is 0 Å². The van der Waals surface area contributed by atoms with Crippen molar-refractivity contribution < 1.29 is 9.47 Å². The third-order valence-electron chi connectivity index (χ3n) is 4.97. The number of guanidine groups is 1. The number of piperidine rings is 1. The lowest BCUT2D eigenvalue weighted by atomic mass is 10.1. The van der Waals surface area contributed by atoms with Gasteiger partial charge >= 0.3 is 0 Å². The van der Waals surface area contributed by atoms with Gasteiger partial charge in [0.05, 0.1) is 25.6 Å². The number of anilines is 1. The zero-order chi connectivity index (χ0) is 20.5. The Balaban J connectivity index is 0.00000320. The van der Waals surface area contributed by atoms with E-state index < -0.39 is 0 Å². The van der Waals surface area contributed by atoms with Gasteiger partial charge in [-0.25, -0.2) is 0 Å². The minimum absolute atomic E-state index is 0. The molecular weight excluding hydrogens is 495 g/mol. The number of hydrogen-bond donors (Lipinski definition) is 2. The SMILES string of the molecule is CN=C(NCCCOc1cccc(OC)c1)NC1CCCN(c2cnn(C)c2)C1.I. The molecule has 1 fully saturated rings. The third kappa shape index (κ3) is 7.26. The van der Waals surface area contributed by atoms with E-state index in [1.165, 1.54) is 5.69 Å². The van der Waals surface area contributed by atoms with E-state index in [0.29, 0.717) is 12.6 Å². The molecule has 2 aromatic rings. The summed E-state index contributed by atoms with van der Waals surface area (Å²) in [5, 5.41) is 11.2. The van der Waals surface area contributed by atoms with Crippen LogP contribution < -0.4 is 25.0 Å². The molecule has 0 bridgehead atoms. The second-order valence-corrected chi connectivity index (χ2v) is 7.18. The van der Waals surface area contributed by atoms with Crippen LogP contribution in [0.5, 0.6) is 11.5 Å². The number of aliphatic imine (C=N–C) groups is 1. The molecule has 2 N–H and O–H groups in total. The van der Waals surface area contributed by atoms with Crippen molar-refractivity contribution in [2.75, 3.05) is 45.3 Å². The van der Waals surface area contributed by atoms with Gasteiger partial charge in [0.25, 0.3) is 0 Å². The van der Waals surface area contributed by atoms with Crippen LogP contribution in [0.25, 0.3) is 0 Å². The summed E-state index contributed by atoms with van der Waals surface area (Å²) in [6.07, 6.45) is 7.16. The van der Waals surface area contributed by atoms with E-state index in [1.807, 2.05) is 49.2 Å². The second-order valence-electron chi connectivity index (χ2n) is 7.18. The lowest BCUT2D eigenvalue weighted by Gasteiger charge is -2.34. The van der Waals surface area contributed by atoms with Gasteiger partial charge in [-0.2, -0.15) is 5.10 Å². The normalized spacial score (nSPS) is 16.6. The number of nitrogens with one attached hydrogen (secondary N) is 2. The van der Waals surface area contributed by atoms with E-state index >= 15 is 0 Å². The fraction of sp³-hybridized carbons (Fsp3) is 0.524. The Morgan fingerprint density at radius 2 is 2.17 bits per heavy atom. The van der Waals surface area contributed by atoms with E-state index in [-0.39, 0.29) is 24.0 Å². The zero-order valence-electron chi connectivity index (χ0n) is 18.0. The number of aromatic nitrogens is 2. The zero-order valence-corrected chi connectivity index (χ0v) is 20.3. The molecule has 2 heterocycles. The Kier molecular flexibility index (Phi) is 10.0. The summed E-state index contributed by atoms with van der Waals surface area (Å²) in [5.74, 6) is 2.46. The molecule has 1 saturated heterocycles. The van der Waals surface area contributed by atoms with Crippen LogP contribution in [0.2, 0.25) is 0 Å². The maximum Gasteiger partial charge on any atom is 0.191 e. The van der Waals surface area contributed by atoms with Crippen molar-refractivity contribution >= 4 is 35.6 Å². The van der Waals surface area contributed by atoms with Gasteiger partial charge in [-0.1, -0.05) is 6.07 Å². The first-order valence-corrected chi connectivity index (χ1v) is 10.2. The number of hydrogen-bond acceptors (Lipinski definition) is 5. The van der Waals surface area contributed by atoms with Gasteiger partial charge in [-0.15, -0.1) is 24.0 Å². The average Bonchev–Trinajstić information content (AvgIpc) is 3.19. The second kappa shape index (κ2) is 12.5. The summed E-state index contributed by atoms with van der Waals surface area (Å²) >= 11 is 0. The summed E-state index contributed by atoms with van der Waals surface area (Å²) in [7, 11) is 5.42. The summed E-state index contributed by atoms with van der Waals surface area (Å²) in [6.45, 7) is 3.45. The highest BCUT2D eigenvalue weighted by Crippen LogP contribution is 2.19. The Morgan fingerprint density at radius 1 is 1.33 bits per heavy atom. The number of halogens is 1. The van der Waals surface area contributed by atoms with E-state index in [2.05, 4.69) is 31.8 Å². The van der Waals surface area contributed by atoms with Crippen molar-refractivity contribution in [2.45, 2.75) is 25.3 Å². The molecule has 0 aliphatic carbocycles. The smallest absolute Gasteiger partial charge is 0.191 e. The molecule has 0 saturated carbocycles. The number of rotatable bonds is 8. The van der Waals surface area contributed by atoms with Crippen LogP contribution in [0, 0.1) is 0 Å². The highest BCUT2D eigenvalue weighted by atomic mass is 127. The van der Waals surface area contributed by atoms with Crippen LogP contribution in [0.1, 0.15) is 19.3 Å². The molecule has 3 rings (SSSR count). The first kappa shape index (κ1) is 24.1. The van der Waals surface area contributed by atoms with Crippen molar-refractivity contribution in [3.8, 4) is 11.5 Å². The van der Waals surface area contributed by atoms with Crippen LogP contribution in [-0.4, -0.2) is 62.2 Å². The lowest BCUT2D eigenvalue weighted by molar-refractivity contribution is 0.308. The van der Waals surface area contributed by atoms with Gasteiger partial charge in [-0.05, 0) is 31.4 Å². The molecule has 8 nitrogen and oxygen atoms in total. The lowest BCUT2D eigenvalue weighted by Crippen LogP contribution is -2.51. The molecule has 1 aromatic carbocycles. The number of methoxy groups -OCH3 is 1. The minimum Gasteiger partial charge on any atom is -0.497 e. The quantitative estimate of drug-likeness (QED) is 0.238. The molecule has 166 valence electrons. The molecule has 9 heteroatoms. The maximum absolute atomic E-state index is 5.78. The van der Waals surface area contributed by atoms with Crippen molar-refractivity contribution in [1.82, 2.24) is 20.4 Å².